The molecule has 7 N–H and O–H groups in total. The second-order valence-electron chi connectivity index (χ2n) is 3.08. The fourth-order valence-electron chi connectivity index (χ4n) is 0.973. The maximum Gasteiger partial charge on any atom is 0.306 e. The lowest BCUT2D eigenvalue weighted by Crippen LogP contribution is -2.63. The Kier molecular flexibility index (Phi) is 4.16. The third kappa shape index (κ3) is 3.66. The molecule has 0 aliphatic heterocycles. The van der Waals surface area contributed by atoms with Crippen molar-refractivity contribution >= 4 is 5.97 Å². The van der Waals surface area contributed by atoms with E-state index in [2.05, 4.69) is 0 Å². The van der Waals surface area contributed by atoms with Crippen molar-refractivity contribution in [1.82, 2.24) is 0 Å². The molecule has 0 radical (unpaired) electrons. The number of carbonyl (C=O) groups is 1. The van der Waals surface area contributed by atoms with E-state index < -0.39 is 17.7 Å². The Bertz CT molecular complexity index is 159. The van der Waals surface area contributed by atoms with Crippen LogP contribution in [0.1, 0.15) is 26.2 Å². The first-order valence-electron chi connectivity index (χ1n) is 3.95. The molecule has 0 aromatic carbocycles. The molecule has 5 heteroatoms. The Morgan fingerprint density at radius 1 is 1.58 bits per heavy atom. The van der Waals surface area contributed by atoms with Crippen molar-refractivity contribution in [2.75, 3.05) is 0 Å². The van der Waals surface area contributed by atoms with Gasteiger partial charge in [-0.1, -0.05) is 13.3 Å². The topological polar surface area (TPSA) is 115 Å². The van der Waals surface area contributed by atoms with Gasteiger partial charge in [0.2, 0.25) is 0 Å². The summed E-state index contributed by atoms with van der Waals surface area (Å²) in [6, 6.07) is -0.460. The maximum atomic E-state index is 10.3. The van der Waals surface area contributed by atoms with E-state index in [1.807, 2.05) is 6.92 Å². The number of nitrogens with two attached hydrogens (primary N) is 3. The molecule has 0 saturated carbocycles. The molecule has 5 nitrogen and oxygen atoms in total. The van der Waals surface area contributed by atoms with Gasteiger partial charge in [-0.2, -0.15) is 0 Å². The molecule has 0 spiro atoms. The van der Waals surface area contributed by atoms with Gasteiger partial charge in [0.15, 0.2) is 0 Å². The molecule has 0 fully saturated rings. The summed E-state index contributed by atoms with van der Waals surface area (Å²) in [6.07, 6.45) is 1.19. The van der Waals surface area contributed by atoms with Gasteiger partial charge in [0.05, 0.1) is 12.1 Å². The first-order valence-corrected chi connectivity index (χ1v) is 3.95. The molecule has 0 aliphatic rings. The maximum absolute atomic E-state index is 10.3. The van der Waals surface area contributed by atoms with Crippen LogP contribution in [0.15, 0.2) is 0 Å². The van der Waals surface area contributed by atoms with E-state index in [1.54, 1.807) is 0 Å². The zero-order valence-electron chi connectivity index (χ0n) is 7.29. The lowest BCUT2D eigenvalue weighted by molar-refractivity contribution is -0.138. The minimum atomic E-state index is -1.29. The lowest BCUT2D eigenvalue weighted by atomic mass is 9.95. The second-order valence-corrected chi connectivity index (χ2v) is 3.08. The number of rotatable bonds is 5. The first kappa shape index (κ1) is 11.4. The summed E-state index contributed by atoms with van der Waals surface area (Å²) in [6.45, 7) is 1.94. The van der Waals surface area contributed by atoms with Crippen molar-refractivity contribution < 1.29 is 9.90 Å². The Hall–Kier alpha value is -0.650. The molecule has 1 atom stereocenters. The Labute approximate surface area is 71.9 Å². The molecule has 0 bridgehead atoms. The molecule has 0 rings (SSSR count). The van der Waals surface area contributed by atoms with Crippen LogP contribution in [-0.2, 0) is 4.79 Å². The molecular weight excluding hydrogens is 158 g/mol. The van der Waals surface area contributed by atoms with E-state index in [-0.39, 0.29) is 6.42 Å². The van der Waals surface area contributed by atoms with Crippen LogP contribution in [0.25, 0.3) is 0 Å². The largest absolute Gasteiger partial charge is 0.481 e. The standard InChI is InChI=1S/C7H17N3O2/c1-2-3-5(8)7(9,10)4-6(11)12/h5H,2-4,8-10H2,1H3,(H,11,12). The molecule has 0 aromatic heterocycles. The molecule has 0 aromatic rings. The number of aliphatic carboxylic acids is 1. The fourth-order valence-corrected chi connectivity index (χ4v) is 0.973. The number of hydrogen-bond donors (Lipinski definition) is 4. The minimum absolute atomic E-state index is 0.297. The van der Waals surface area contributed by atoms with E-state index >= 15 is 0 Å². The zero-order valence-corrected chi connectivity index (χ0v) is 7.29. The Morgan fingerprint density at radius 2 is 2.08 bits per heavy atom. The summed E-state index contributed by atoms with van der Waals surface area (Å²) in [4.78, 5) is 10.3. The van der Waals surface area contributed by atoms with Crippen LogP contribution < -0.4 is 17.2 Å². The molecule has 0 saturated heterocycles. The summed E-state index contributed by atoms with van der Waals surface area (Å²) in [7, 11) is 0. The van der Waals surface area contributed by atoms with Crippen molar-refractivity contribution in [2.45, 2.75) is 37.9 Å². The van der Waals surface area contributed by atoms with Gasteiger partial charge in [-0.15, -0.1) is 0 Å². The van der Waals surface area contributed by atoms with Gasteiger partial charge in [0.1, 0.15) is 0 Å². The molecule has 1 unspecified atom stereocenters. The average Bonchev–Trinajstić information content (AvgIpc) is 1.85. The molecule has 0 aliphatic carbocycles. The summed E-state index contributed by atoms with van der Waals surface area (Å²) in [5, 5.41) is 8.45. The third-order valence-electron chi connectivity index (χ3n) is 1.75. The van der Waals surface area contributed by atoms with Crippen molar-refractivity contribution in [3.05, 3.63) is 0 Å². The highest BCUT2D eigenvalue weighted by Gasteiger charge is 2.29. The van der Waals surface area contributed by atoms with Crippen LogP contribution in [0.4, 0.5) is 0 Å². The van der Waals surface area contributed by atoms with E-state index in [9.17, 15) is 4.79 Å². The van der Waals surface area contributed by atoms with Gasteiger partial charge >= 0.3 is 5.97 Å². The average molecular weight is 175 g/mol. The molecule has 72 valence electrons. The van der Waals surface area contributed by atoms with Crippen molar-refractivity contribution in [3.63, 3.8) is 0 Å². The SMILES string of the molecule is CCCC(N)C(N)(N)CC(=O)O. The predicted octanol–water partition coefficient (Wildman–Crippen LogP) is -0.798. The van der Waals surface area contributed by atoms with Gasteiger partial charge in [0.25, 0.3) is 0 Å². The van der Waals surface area contributed by atoms with Crippen molar-refractivity contribution in [1.29, 1.82) is 0 Å². The van der Waals surface area contributed by atoms with Crippen LogP contribution in [0, 0.1) is 0 Å². The number of carboxylic acids is 1. The molecule has 0 amide bonds. The Balaban J connectivity index is 4.07. The van der Waals surface area contributed by atoms with Gasteiger partial charge in [-0.05, 0) is 6.42 Å². The van der Waals surface area contributed by atoms with Gasteiger partial charge < -0.3 is 22.3 Å². The fraction of sp³-hybridized carbons (Fsp3) is 0.857. The Morgan fingerprint density at radius 3 is 2.42 bits per heavy atom. The van der Waals surface area contributed by atoms with Crippen LogP contribution in [0.5, 0.6) is 0 Å². The van der Waals surface area contributed by atoms with Gasteiger partial charge in [-0.3, -0.25) is 4.79 Å². The lowest BCUT2D eigenvalue weighted by Gasteiger charge is -2.29. The highest BCUT2D eigenvalue weighted by atomic mass is 16.4. The third-order valence-corrected chi connectivity index (χ3v) is 1.75. The van der Waals surface area contributed by atoms with Crippen molar-refractivity contribution in [3.8, 4) is 0 Å². The van der Waals surface area contributed by atoms with Crippen molar-refractivity contribution in [2.24, 2.45) is 17.2 Å². The highest BCUT2D eigenvalue weighted by Crippen LogP contribution is 2.08. The highest BCUT2D eigenvalue weighted by molar-refractivity contribution is 5.68. The quantitative estimate of drug-likeness (QED) is 0.408. The van der Waals surface area contributed by atoms with Crippen LogP contribution >= 0.6 is 0 Å². The van der Waals surface area contributed by atoms with E-state index in [0.717, 1.165) is 6.42 Å². The molecule has 0 heterocycles. The van der Waals surface area contributed by atoms with E-state index in [0.29, 0.717) is 6.42 Å². The van der Waals surface area contributed by atoms with Crippen LogP contribution in [0.3, 0.4) is 0 Å². The number of hydrogen-bond acceptors (Lipinski definition) is 4. The normalized spacial score (nSPS) is 14.3. The second kappa shape index (κ2) is 4.39. The summed E-state index contributed by atoms with van der Waals surface area (Å²) >= 11 is 0. The minimum Gasteiger partial charge on any atom is -0.481 e. The first-order chi connectivity index (χ1) is 5.40. The molecular formula is C7H17N3O2. The monoisotopic (exact) mass is 175 g/mol. The van der Waals surface area contributed by atoms with Crippen LogP contribution in [-0.4, -0.2) is 22.8 Å². The summed E-state index contributed by atoms with van der Waals surface area (Å²) in [5.41, 5.74) is 15.3. The van der Waals surface area contributed by atoms with Gasteiger partial charge in [0, 0.05) is 6.04 Å². The number of carboxylic acid groups (broad SMARTS) is 1. The summed E-state index contributed by atoms with van der Waals surface area (Å²) < 4.78 is 0. The van der Waals surface area contributed by atoms with E-state index in [1.165, 1.54) is 0 Å². The van der Waals surface area contributed by atoms with E-state index in [4.69, 9.17) is 22.3 Å². The zero-order chi connectivity index (χ0) is 9.78. The predicted molar refractivity (Wildman–Crippen MR) is 46.2 cm³/mol. The van der Waals surface area contributed by atoms with Gasteiger partial charge in [-0.25, -0.2) is 0 Å². The summed E-state index contributed by atoms with van der Waals surface area (Å²) in [5.74, 6) is -1.02. The molecule has 12 heavy (non-hydrogen) atoms. The van der Waals surface area contributed by atoms with Crippen LogP contribution in [0.2, 0.25) is 0 Å². The smallest absolute Gasteiger partial charge is 0.306 e.